The summed E-state index contributed by atoms with van der Waals surface area (Å²) in [6.07, 6.45) is 3.92. The average Bonchev–Trinajstić information content (AvgIpc) is 2.51. The first-order valence-electron chi connectivity index (χ1n) is 7.55. The van der Waals surface area contributed by atoms with E-state index in [-0.39, 0.29) is 11.6 Å². The summed E-state index contributed by atoms with van der Waals surface area (Å²) in [5.41, 5.74) is 0.813. The van der Waals surface area contributed by atoms with Crippen LogP contribution < -0.4 is 10.1 Å². The minimum absolute atomic E-state index is 0.251. The molecule has 122 valence electrons. The smallest absolute Gasteiger partial charge is 0.193 e. The predicted molar refractivity (Wildman–Crippen MR) is 89.8 cm³/mol. The van der Waals surface area contributed by atoms with Crippen LogP contribution in [0.3, 0.4) is 0 Å². The molecule has 0 unspecified atom stereocenters. The molecule has 0 aromatic heterocycles. The Morgan fingerprint density at radius 1 is 1.50 bits per heavy atom. The average molecular weight is 307 g/mol. The summed E-state index contributed by atoms with van der Waals surface area (Å²) in [4.78, 5) is 6.63. The van der Waals surface area contributed by atoms with E-state index in [1.54, 1.807) is 6.07 Å². The van der Waals surface area contributed by atoms with Crippen LogP contribution in [0.25, 0.3) is 0 Å². The van der Waals surface area contributed by atoms with E-state index < -0.39 is 0 Å². The highest BCUT2D eigenvalue weighted by molar-refractivity contribution is 5.79. The second-order valence-electron chi connectivity index (χ2n) is 4.99. The monoisotopic (exact) mass is 307 g/mol. The highest BCUT2D eigenvalue weighted by Gasteiger charge is 2.06. The van der Waals surface area contributed by atoms with Crippen molar-refractivity contribution in [2.24, 2.45) is 4.99 Å². The number of hydrogen-bond acceptors (Lipinski definition) is 2. The van der Waals surface area contributed by atoms with E-state index in [1.807, 2.05) is 26.1 Å². The van der Waals surface area contributed by atoms with Crippen molar-refractivity contribution >= 4 is 5.96 Å². The van der Waals surface area contributed by atoms with Crippen LogP contribution in [-0.2, 0) is 6.54 Å². The lowest BCUT2D eigenvalue weighted by Gasteiger charge is -2.21. The number of guanidine groups is 1. The Hall–Kier alpha value is -2.04. The second kappa shape index (κ2) is 9.82. The number of aliphatic imine (C=N–C) groups is 1. The number of benzene rings is 1. The topological polar surface area (TPSA) is 36.9 Å². The molecule has 5 heteroatoms. The number of halogens is 1. The second-order valence-corrected chi connectivity index (χ2v) is 4.99. The van der Waals surface area contributed by atoms with Gasteiger partial charge in [-0.3, -0.25) is 0 Å². The number of nitrogens with zero attached hydrogens (tertiary/aromatic N) is 2. The fourth-order valence-electron chi connectivity index (χ4n) is 2.02. The van der Waals surface area contributed by atoms with Crippen LogP contribution in [0.15, 0.2) is 35.8 Å². The molecule has 0 saturated carbocycles. The summed E-state index contributed by atoms with van der Waals surface area (Å²) in [5, 5.41) is 3.25. The summed E-state index contributed by atoms with van der Waals surface area (Å²) < 4.78 is 18.6. The fourth-order valence-corrected chi connectivity index (χ4v) is 2.02. The molecule has 1 aromatic carbocycles. The van der Waals surface area contributed by atoms with E-state index in [0.717, 1.165) is 37.5 Å². The largest absolute Gasteiger partial charge is 0.494 e. The third kappa shape index (κ3) is 5.76. The van der Waals surface area contributed by atoms with E-state index in [4.69, 9.17) is 4.74 Å². The summed E-state index contributed by atoms with van der Waals surface area (Å²) >= 11 is 0. The third-order valence-electron chi connectivity index (χ3n) is 3.23. The van der Waals surface area contributed by atoms with Crippen molar-refractivity contribution in [3.05, 3.63) is 42.2 Å². The maximum Gasteiger partial charge on any atom is 0.193 e. The minimum atomic E-state index is -0.362. The lowest BCUT2D eigenvalue weighted by Crippen LogP contribution is -2.39. The molecule has 0 saturated heterocycles. The Morgan fingerprint density at radius 3 is 2.86 bits per heavy atom. The predicted octanol–water partition coefficient (Wildman–Crippen LogP) is 3.20. The molecule has 0 aliphatic carbocycles. The van der Waals surface area contributed by atoms with Gasteiger partial charge in [0.2, 0.25) is 0 Å². The van der Waals surface area contributed by atoms with Crippen LogP contribution >= 0.6 is 0 Å². The molecule has 1 aromatic rings. The van der Waals surface area contributed by atoms with Crippen molar-refractivity contribution in [2.45, 2.75) is 26.3 Å². The van der Waals surface area contributed by atoms with Crippen molar-refractivity contribution in [1.29, 1.82) is 0 Å². The molecule has 0 fully saturated rings. The lowest BCUT2D eigenvalue weighted by atomic mass is 10.2. The third-order valence-corrected chi connectivity index (χ3v) is 3.23. The molecule has 0 radical (unpaired) electrons. The number of hydrogen-bond donors (Lipinski definition) is 1. The molecule has 4 nitrogen and oxygen atoms in total. The van der Waals surface area contributed by atoms with Gasteiger partial charge in [-0.25, -0.2) is 9.38 Å². The highest BCUT2D eigenvalue weighted by atomic mass is 19.1. The molecular weight excluding hydrogens is 281 g/mol. The zero-order valence-corrected chi connectivity index (χ0v) is 13.7. The number of ether oxygens (including phenoxy) is 1. The first-order chi connectivity index (χ1) is 10.6. The highest BCUT2D eigenvalue weighted by Crippen LogP contribution is 2.18. The van der Waals surface area contributed by atoms with Crippen LogP contribution in [0.1, 0.15) is 25.3 Å². The summed E-state index contributed by atoms with van der Waals surface area (Å²) in [6, 6.07) is 4.91. The number of allylic oxidation sites excluding steroid dienone is 1. The van der Waals surface area contributed by atoms with Gasteiger partial charge in [-0.15, -0.1) is 6.58 Å². The van der Waals surface area contributed by atoms with Gasteiger partial charge in [-0.05, 0) is 37.5 Å². The van der Waals surface area contributed by atoms with Crippen molar-refractivity contribution < 1.29 is 9.13 Å². The fraction of sp³-hybridized carbons (Fsp3) is 0.471. The molecule has 0 atom stereocenters. The molecule has 0 bridgehead atoms. The van der Waals surface area contributed by atoms with E-state index in [9.17, 15) is 4.39 Å². The normalized spacial score (nSPS) is 11.2. The van der Waals surface area contributed by atoms with Gasteiger partial charge in [0, 0.05) is 20.1 Å². The molecule has 0 spiro atoms. The Kier molecular flexibility index (Phi) is 8.04. The number of rotatable bonds is 8. The van der Waals surface area contributed by atoms with Crippen LogP contribution in [0, 0.1) is 5.82 Å². The summed E-state index contributed by atoms with van der Waals surface area (Å²) in [5.74, 6) is 0.712. The van der Waals surface area contributed by atoms with Crippen molar-refractivity contribution in [1.82, 2.24) is 10.2 Å². The first-order valence-corrected chi connectivity index (χ1v) is 7.55. The lowest BCUT2D eigenvalue weighted by molar-refractivity contribution is 0.386. The Balaban J connectivity index is 2.72. The maximum atomic E-state index is 13.7. The quantitative estimate of drug-likeness (QED) is 0.347. The number of methoxy groups -OCH3 is 1. The van der Waals surface area contributed by atoms with Gasteiger partial charge in [0.15, 0.2) is 17.5 Å². The van der Waals surface area contributed by atoms with Crippen LogP contribution in [0.4, 0.5) is 4.39 Å². The number of unbranched alkanes of at least 4 members (excludes halogenated alkanes) is 1. The van der Waals surface area contributed by atoms with Gasteiger partial charge < -0.3 is 15.0 Å². The van der Waals surface area contributed by atoms with Gasteiger partial charge in [0.25, 0.3) is 0 Å². The molecule has 22 heavy (non-hydrogen) atoms. The molecular formula is C17H26FN3O. The molecule has 0 aliphatic heterocycles. The summed E-state index contributed by atoms with van der Waals surface area (Å²) in [7, 11) is 3.46. The van der Waals surface area contributed by atoms with E-state index in [2.05, 4.69) is 21.8 Å². The first kappa shape index (κ1) is 18.0. The molecule has 1 N–H and O–H groups in total. The minimum Gasteiger partial charge on any atom is -0.494 e. The van der Waals surface area contributed by atoms with Crippen molar-refractivity contribution in [3.63, 3.8) is 0 Å². The van der Waals surface area contributed by atoms with Crippen LogP contribution in [0.5, 0.6) is 5.75 Å². The van der Waals surface area contributed by atoms with Crippen LogP contribution in [-0.4, -0.2) is 38.1 Å². The van der Waals surface area contributed by atoms with Crippen LogP contribution in [0.2, 0.25) is 0 Å². The van der Waals surface area contributed by atoms with Gasteiger partial charge in [0.1, 0.15) is 0 Å². The molecule has 0 amide bonds. The van der Waals surface area contributed by atoms with Gasteiger partial charge in [-0.2, -0.15) is 0 Å². The maximum absolute atomic E-state index is 13.7. The Bertz CT molecular complexity index is 503. The summed E-state index contributed by atoms with van der Waals surface area (Å²) in [6.45, 7) is 7.87. The molecule has 0 heterocycles. The zero-order valence-electron chi connectivity index (χ0n) is 13.7. The zero-order chi connectivity index (χ0) is 16.4. The van der Waals surface area contributed by atoms with Crippen molar-refractivity contribution in [2.75, 3.05) is 27.2 Å². The molecule has 1 rings (SSSR count). The number of nitrogens with one attached hydrogen (secondary N) is 1. The Labute approximate surface area is 132 Å². The molecule has 0 aliphatic rings. The van der Waals surface area contributed by atoms with E-state index in [0.29, 0.717) is 6.54 Å². The van der Waals surface area contributed by atoms with Crippen molar-refractivity contribution in [3.8, 4) is 5.75 Å². The van der Waals surface area contributed by atoms with E-state index in [1.165, 1.54) is 13.2 Å². The van der Waals surface area contributed by atoms with Gasteiger partial charge >= 0.3 is 0 Å². The van der Waals surface area contributed by atoms with Gasteiger partial charge in [0.05, 0.1) is 13.7 Å². The standard InChI is InChI=1S/C17H26FN3O/c1-5-7-8-11-21(3)17(19-6-2)20-13-14-9-10-16(22-4)15(18)12-14/h5,9-10,12H,1,6-8,11,13H2,2-4H3,(H,19,20). The SMILES string of the molecule is C=CCCCN(C)C(=NCc1ccc(OC)c(F)c1)NCC. The van der Waals surface area contributed by atoms with Gasteiger partial charge in [-0.1, -0.05) is 12.1 Å². The Morgan fingerprint density at radius 2 is 2.27 bits per heavy atom. The van der Waals surface area contributed by atoms with E-state index >= 15 is 0 Å².